The molecule has 0 bridgehead atoms. The lowest BCUT2D eigenvalue weighted by atomic mass is 9.74. The lowest BCUT2D eigenvalue weighted by Gasteiger charge is -2.34. The number of halogens is 1. The van der Waals surface area contributed by atoms with Crippen molar-refractivity contribution in [1.82, 2.24) is 10.2 Å². The topological polar surface area (TPSA) is 69.6 Å². The van der Waals surface area contributed by atoms with Crippen molar-refractivity contribution < 1.29 is 19.1 Å². The molecule has 0 unspecified atom stereocenters. The van der Waals surface area contributed by atoms with Crippen LogP contribution in [-0.4, -0.2) is 47.6 Å². The zero-order valence-electron chi connectivity index (χ0n) is 17.5. The smallest absolute Gasteiger partial charge is 0.254 e. The molecule has 2 amide bonds. The summed E-state index contributed by atoms with van der Waals surface area (Å²) in [5.41, 5.74) is 1.07. The number of hydrogen-bond acceptors (Lipinski definition) is 3. The molecular weight excluding hydrogens is 383 g/mol. The number of nitrogens with one attached hydrogen (secondary N) is 1. The number of amides is 2. The van der Waals surface area contributed by atoms with Crippen molar-refractivity contribution in [3.63, 3.8) is 0 Å². The van der Waals surface area contributed by atoms with Crippen molar-refractivity contribution in [2.24, 2.45) is 0 Å². The van der Waals surface area contributed by atoms with Gasteiger partial charge < -0.3 is 15.3 Å². The number of nitrogens with zero attached hydrogens (tertiary/aromatic N) is 1. The third-order valence-electron chi connectivity index (χ3n) is 6.23. The van der Waals surface area contributed by atoms with Crippen molar-refractivity contribution in [2.75, 3.05) is 13.6 Å². The van der Waals surface area contributed by atoms with E-state index in [1.165, 1.54) is 30.0 Å². The zero-order valence-corrected chi connectivity index (χ0v) is 17.5. The molecule has 0 heterocycles. The highest BCUT2D eigenvalue weighted by Crippen LogP contribution is 2.39. The number of rotatable bonds is 5. The molecule has 1 fully saturated rings. The fourth-order valence-corrected chi connectivity index (χ4v) is 4.44. The third-order valence-corrected chi connectivity index (χ3v) is 6.23. The molecule has 1 saturated carbocycles. The van der Waals surface area contributed by atoms with Crippen molar-refractivity contribution in [1.29, 1.82) is 0 Å². The van der Waals surface area contributed by atoms with Gasteiger partial charge >= 0.3 is 0 Å². The second kappa shape index (κ2) is 9.39. The molecule has 30 heavy (non-hydrogen) atoms. The van der Waals surface area contributed by atoms with E-state index >= 15 is 0 Å². The summed E-state index contributed by atoms with van der Waals surface area (Å²) in [5, 5.41) is 13.8. The quantitative estimate of drug-likeness (QED) is 0.741. The standard InChI is InChI=1S/C24H29FN2O3/c1-17(28)26-16-24(19-8-4-3-5-9-19)13-11-21(22(29)12-14-24)27(2)23(30)18-7-6-10-20(25)15-18/h3-10,15,21-22,29H,11-14,16H2,1-2H3,(H,26,28)/t21-,22-,24-/m1/s1. The second-order valence-corrected chi connectivity index (χ2v) is 8.19. The highest BCUT2D eigenvalue weighted by Gasteiger charge is 2.40. The van der Waals surface area contributed by atoms with E-state index in [1.54, 1.807) is 13.1 Å². The Kier molecular flexibility index (Phi) is 6.87. The van der Waals surface area contributed by atoms with Crippen LogP contribution < -0.4 is 5.32 Å². The normalized spacial score (nSPS) is 24.0. The van der Waals surface area contributed by atoms with Crippen LogP contribution in [0.5, 0.6) is 0 Å². The maximum Gasteiger partial charge on any atom is 0.254 e. The number of likely N-dealkylation sites (N-methyl/N-ethyl adjacent to an activating group) is 1. The molecule has 2 N–H and O–H groups in total. The van der Waals surface area contributed by atoms with E-state index in [2.05, 4.69) is 17.4 Å². The molecule has 0 saturated heterocycles. The van der Waals surface area contributed by atoms with Crippen molar-refractivity contribution >= 4 is 11.8 Å². The van der Waals surface area contributed by atoms with Crippen molar-refractivity contribution in [3.8, 4) is 0 Å². The minimum atomic E-state index is -0.699. The van der Waals surface area contributed by atoms with E-state index in [0.717, 1.165) is 5.56 Å². The number of aliphatic hydroxyl groups excluding tert-OH is 1. The van der Waals surface area contributed by atoms with Gasteiger partial charge in [-0.2, -0.15) is 0 Å². The molecule has 0 spiro atoms. The summed E-state index contributed by atoms with van der Waals surface area (Å²) in [6, 6.07) is 15.2. The van der Waals surface area contributed by atoms with Gasteiger partial charge in [-0.15, -0.1) is 0 Å². The predicted octanol–water partition coefficient (Wildman–Crippen LogP) is 3.28. The first kappa shape index (κ1) is 22.0. The Labute approximate surface area is 176 Å². The van der Waals surface area contributed by atoms with Crippen LogP contribution in [0.1, 0.15) is 48.5 Å². The van der Waals surface area contributed by atoms with Gasteiger partial charge in [0.25, 0.3) is 5.91 Å². The van der Waals surface area contributed by atoms with Gasteiger partial charge in [0, 0.05) is 31.5 Å². The molecule has 2 aromatic rings. The highest BCUT2D eigenvalue weighted by molar-refractivity contribution is 5.94. The number of aliphatic hydroxyl groups is 1. The van der Waals surface area contributed by atoms with Gasteiger partial charge in [0.2, 0.25) is 5.91 Å². The van der Waals surface area contributed by atoms with Crippen LogP contribution in [0.4, 0.5) is 4.39 Å². The van der Waals surface area contributed by atoms with Gasteiger partial charge in [0.15, 0.2) is 0 Å². The van der Waals surface area contributed by atoms with Crippen LogP contribution in [0.15, 0.2) is 54.6 Å². The minimum absolute atomic E-state index is 0.0925. The van der Waals surface area contributed by atoms with Gasteiger partial charge in [-0.25, -0.2) is 4.39 Å². The molecule has 1 aliphatic rings. The fourth-order valence-electron chi connectivity index (χ4n) is 4.44. The zero-order chi connectivity index (χ0) is 21.7. The Bertz CT molecular complexity index is 889. The van der Waals surface area contributed by atoms with Crippen LogP contribution in [-0.2, 0) is 10.2 Å². The molecule has 0 radical (unpaired) electrons. The third kappa shape index (κ3) is 4.87. The fraction of sp³-hybridized carbons (Fsp3) is 0.417. The molecule has 3 atom stereocenters. The van der Waals surface area contributed by atoms with Crippen LogP contribution in [0.3, 0.4) is 0 Å². The lowest BCUT2D eigenvalue weighted by molar-refractivity contribution is -0.119. The van der Waals surface area contributed by atoms with Crippen molar-refractivity contribution in [3.05, 3.63) is 71.5 Å². The SMILES string of the molecule is CC(=O)NC[C@]1(c2ccccc2)CC[C@@H](O)[C@H](N(C)C(=O)c2cccc(F)c2)CC1. The largest absolute Gasteiger partial charge is 0.391 e. The van der Waals surface area contributed by atoms with Gasteiger partial charge in [0.05, 0.1) is 12.1 Å². The summed E-state index contributed by atoms with van der Waals surface area (Å²) in [6.45, 7) is 1.98. The Morgan fingerprint density at radius 1 is 1.13 bits per heavy atom. The number of carbonyl (C=O) groups excluding carboxylic acids is 2. The maximum absolute atomic E-state index is 13.6. The van der Waals surface area contributed by atoms with E-state index in [9.17, 15) is 19.1 Å². The first-order chi connectivity index (χ1) is 14.3. The lowest BCUT2D eigenvalue weighted by Crippen LogP contribution is -2.44. The van der Waals surface area contributed by atoms with E-state index in [-0.39, 0.29) is 28.8 Å². The number of hydrogen-bond donors (Lipinski definition) is 2. The van der Waals surface area contributed by atoms with E-state index in [1.807, 2.05) is 18.2 Å². The second-order valence-electron chi connectivity index (χ2n) is 8.19. The molecule has 2 aromatic carbocycles. The molecule has 6 heteroatoms. The Morgan fingerprint density at radius 2 is 1.83 bits per heavy atom. The highest BCUT2D eigenvalue weighted by atomic mass is 19.1. The summed E-state index contributed by atoms with van der Waals surface area (Å²) in [4.78, 5) is 26.0. The molecule has 0 aliphatic heterocycles. The van der Waals surface area contributed by atoms with E-state index in [4.69, 9.17) is 0 Å². The molecule has 0 aromatic heterocycles. The Morgan fingerprint density at radius 3 is 2.50 bits per heavy atom. The molecule has 3 rings (SSSR count). The van der Waals surface area contributed by atoms with E-state index < -0.39 is 11.9 Å². The maximum atomic E-state index is 13.6. The van der Waals surface area contributed by atoms with Crippen molar-refractivity contribution in [2.45, 2.75) is 50.2 Å². The average Bonchev–Trinajstić information content (AvgIpc) is 2.91. The number of carbonyl (C=O) groups is 2. The summed E-state index contributed by atoms with van der Waals surface area (Å²) in [7, 11) is 1.66. The minimum Gasteiger partial charge on any atom is -0.391 e. The first-order valence-corrected chi connectivity index (χ1v) is 10.3. The van der Waals surface area contributed by atoms with Crippen LogP contribution in [0.25, 0.3) is 0 Å². The van der Waals surface area contributed by atoms with Gasteiger partial charge in [-0.1, -0.05) is 36.4 Å². The Hall–Kier alpha value is -2.73. The molecule has 160 valence electrons. The Balaban J connectivity index is 1.83. The van der Waals surface area contributed by atoms with Crippen LogP contribution in [0, 0.1) is 5.82 Å². The molecular formula is C24H29FN2O3. The van der Waals surface area contributed by atoms with Gasteiger partial charge in [-0.05, 0) is 49.4 Å². The van der Waals surface area contributed by atoms with Crippen LogP contribution in [0.2, 0.25) is 0 Å². The van der Waals surface area contributed by atoms with Gasteiger partial charge in [0.1, 0.15) is 5.82 Å². The average molecular weight is 413 g/mol. The predicted molar refractivity (Wildman–Crippen MR) is 114 cm³/mol. The summed E-state index contributed by atoms with van der Waals surface area (Å²) >= 11 is 0. The monoisotopic (exact) mass is 412 g/mol. The summed E-state index contributed by atoms with van der Waals surface area (Å²) in [5.74, 6) is -0.869. The summed E-state index contributed by atoms with van der Waals surface area (Å²) < 4.78 is 13.6. The van der Waals surface area contributed by atoms with Crippen LogP contribution >= 0.6 is 0 Å². The molecule has 5 nitrogen and oxygen atoms in total. The summed E-state index contributed by atoms with van der Waals surface area (Å²) in [6.07, 6.45) is 1.78. The van der Waals surface area contributed by atoms with Gasteiger partial charge in [-0.3, -0.25) is 9.59 Å². The number of benzene rings is 2. The van der Waals surface area contributed by atoms with E-state index in [0.29, 0.717) is 32.2 Å². The first-order valence-electron chi connectivity index (χ1n) is 10.3. The molecule has 1 aliphatic carbocycles.